The third-order valence-corrected chi connectivity index (χ3v) is 4.93. The first kappa shape index (κ1) is 18.8. The van der Waals surface area contributed by atoms with Crippen LogP contribution in [0.1, 0.15) is 44.9 Å². The van der Waals surface area contributed by atoms with Gasteiger partial charge in [0.15, 0.2) is 0 Å². The summed E-state index contributed by atoms with van der Waals surface area (Å²) in [4.78, 5) is 12.1. The van der Waals surface area contributed by atoms with Crippen molar-refractivity contribution in [3.63, 3.8) is 0 Å². The number of carbonyl (C=O) groups excluding carboxylic acids is 1. The molecule has 0 bridgehead atoms. The molecule has 26 heavy (non-hydrogen) atoms. The molecule has 1 unspecified atom stereocenters. The molecule has 5 heteroatoms. The van der Waals surface area contributed by atoms with Crippen molar-refractivity contribution in [2.45, 2.75) is 51.0 Å². The zero-order valence-electron chi connectivity index (χ0n) is 15.5. The van der Waals surface area contributed by atoms with Crippen molar-refractivity contribution in [1.29, 1.82) is 0 Å². The molecule has 1 heterocycles. The van der Waals surface area contributed by atoms with Crippen LogP contribution in [-0.2, 0) is 9.53 Å². The molecule has 1 atom stereocenters. The average molecular weight is 358 g/mol. The first-order chi connectivity index (χ1) is 12.8. The second-order valence-corrected chi connectivity index (χ2v) is 7.00. The van der Waals surface area contributed by atoms with E-state index < -0.39 is 0 Å². The lowest BCUT2D eigenvalue weighted by Gasteiger charge is -2.16. The van der Waals surface area contributed by atoms with Gasteiger partial charge in [-0.3, -0.25) is 4.79 Å². The van der Waals surface area contributed by atoms with Gasteiger partial charge in [0, 0.05) is 13.2 Å². The molecule has 0 aromatic heterocycles. The summed E-state index contributed by atoms with van der Waals surface area (Å²) in [5.74, 6) is 0.776. The molecule has 2 N–H and O–H groups in total. The molecule has 1 aliphatic heterocycles. The smallest absolute Gasteiger partial charge is 0.239 e. The molecule has 1 aromatic carbocycles. The highest BCUT2D eigenvalue weighted by atomic mass is 16.5. The third kappa shape index (κ3) is 6.06. The number of allylic oxidation sites excluding steroid dienone is 1. The first-order valence-electron chi connectivity index (χ1n) is 9.83. The van der Waals surface area contributed by atoms with Crippen molar-refractivity contribution >= 4 is 11.6 Å². The number of hydrogen-bond donors (Lipinski definition) is 2. The van der Waals surface area contributed by atoms with E-state index in [1.807, 2.05) is 24.3 Å². The summed E-state index contributed by atoms with van der Waals surface area (Å²) in [7, 11) is 0. The summed E-state index contributed by atoms with van der Waals surface area (Å²) in [6.07, 6.45) is 10.6. The van der Waals surface area contributed by atoms with Crippen LogP contribution in [0.25, 0.3) is 0 Å². The van der Waals surface area contributed by atoms with Crippen LogP contribution in [0, 0.1) is 0 Å². The number of carbonyl (C=O) groups is 1. The number of hydrogen-bond acceptors (Lipinski definition) is 4. The fourth-order valence-corrected chi connectivity index (χ4v) is 3.43. The molecule has 142 valence electrons. The molecule has 3 rings (SSSR count). The summed E-state index contributed by atoms with van der Waals surface area (Å²) in [6, 6.07) is 7.73. The number of ether oxygens (including phenoxy) is 2. The van der Waals surface area contributed by atoms with Crippen LogP contribution in [-0.4, -0.2) is 38.3 Å². The van der Waals surface area contributed by atoms with E-state index in [1.54, 1.807) is 0 Å². The second kappa shape index (κ2) is 10.2. The molecule has 0 spiro atoms. The maximum Gasteiger partial charge on any atom is 0.239 e. The van der Waals surface area contributed by atoms with Gasteiger partial charge in [-0.2, -0.15) is 0 Å². The Morgan fingerprint density at radius 1 is 1.23 bits per heavy atom. The van der Waals surface area contributed by atoms with Crippen molar-refractivity contribution in [2.24, 2.45) is 0 Å². The maximum atomic E-state index is 12.1. The van der Waals surface area contributed by atoms with E-state index in [0.29, 0.717) is 13.2 Å². The molecule has 1 saturated heterocycles. The van der Waals surface area contributed by atoms with Crippen molar-refractivity contribution < 1.29 is 14.3 Å². The van der Waals surface area contributed by atoms with Crippen molar-refractivity contribution in [1.82, 2.24) is 5.32 Å². The molecule has 0 radical (unpaired) electrons. The van der Waals surface area contributed by atoms with Gasteiger partial charge in [0.25, 0.3) is 0 Å². The lowest BCUT2D eigenvalue weighted by molar-refractivity contribution is -0.119. The fraction of sp³-hybridized carbons (Fsp3) is 0.571. The topological polar surface area (TPSA) is 59.6 Å². The van der Waals surface area contributed by atoms with Crippen molar-refractivity contribution in [3.8, 4) is 5.75 Å². The highest BCUT2D eigenvalue weighted by molar-refractivity contribution is 5.81. The van der Waals surface area contributed by atoms with Gasteiger partial charge in [0.2, 0.25) is 5.91 Å². The number of amides is 1. The zero-order valence-corrected chi connectivity index (χ0v) is 15.5. The predicted octanol–water partition coefficient (Wildman–Crippen LogP) is 3.66. The largest absolute Gasteiger partial charge is 0.489 e. The Morgan fingerprint density at radius 3 is 2.96 bits per heavy atom. The van der Waals surface area contributed by atoms with Gasteiger partial charge in [-0.05, 0) is 57.1 Å². The number of benzene rings is 1. The summed E-state index contributed by atoms with van der Waals surface area (Å²) in [5, 5.41) is 6.18. The van der Waals surface area contributed by atoms with Crippen molar-refractivity contribution in [3.05, 3.63) is 35.9 Å². The minimum Gasteiger partial charge on any atom is -0.489 e. The Kier molecular flexibility index (Phi) is 7.37. The van der Waals surface area contributed by atoms with Crippen LogP contribution < -0.4 is 15.4 Å². The minimum absolute atomic E-state index is 0.00957. The van der Waals surface area contributed by atoms with Gasteiger partial charge < -0.3 is 20.1 Å². The fourth-order valence-electron chi connectivity index (χ4n) is 3.43. The van der Waals surface area contributed by atoms with Crippen LogP contribution in [0.2, 0.25) is 0 Å². The van der Waals surface area contributed by atoms with Gasteiger partial charge in [-0.1, -0.05) is 23.8 Å². The summed E-state index contributed by atoms with van der Waals surface area (Å²) in [6.45, 7) is 2.34. The van der Waals surface area contributed by atoms with E-state index in [0.717, 1.165) is 37.3 Å². The zero-order chi connectivity index (χ0) is 18.0. The van der Waals surface area contributed by atoms with Gasteiger partial charge in [-0.15, -0.1) is 0 Å². The first-order valence-corrected chi connectivity index (χ1v) is 9.83. The standard InChI is InChI=1S/C21H30N2O3/c24-21(22-13-12-17-7-2-1-3-8-17)15-23-19-10-4-5-11-20(19)26-16-18-9-6-14-25-18/h4-5,7,10-11,18,23H,1-3,6,8-9,12-16H2,(H,22,24). The van der Waals surface area contributed by atoms with E-state index >= 15 is 0 Å². The Balaban J connectivity index is 1.39. The van der Waals surface area contributed by atoms with E-state index in [1.165, 1.54) is 31.3 Å². The highest BCUT2D eigenvalue weighted by Crippen LogP contribution is 2.25. The summed E-state index contributed by atoms with van der Waals surface area (Å²) >= 11 is 0. The van der Waals surface area contributed by atoms with Gasteiger partial charge in [0.1, 0.15) is 12.4 Å². The Morgan fingerprint density at radius 2 is 2.15 bits per heavy atom. The molecule has 1 amide bonds. The van der Waals surface area contributed by atoms with Gasteiger partial charge in [-0.25, -0.2) is 0 Å². The number of nitrogens with one attached hydrogen (secondary N) is 2. The average Bonchev–Trinajstić information content (AvgIpc) is 3.20. The predicted molar refractivity (Wildman–Crippen MR) is 104 cm³/mol. The summed E-state index contributed by atoms with van der Waals surface area (Å²) < 4.78 is 11.5. The highest BCUT2D eigenvalue weighted by Gasteiger charge is 2.16. The van der Waals surface area contributed by atoms with Crippen LogP contribution >= 0.6 is 0 Å². The molecule has 1 aromatic rings. The maximum absolute atomic E-state index is 12.1. The molecular formula is C21H30N2O3. The lowest BCUT2D eigenvalue weighted by Crippen LogP contribution is -2.31. The van der Waals surface area contributed by atoms with E-state index in [9.17, 15) is 4.79 Å². The SMILES string of the molecule is O=C(CNc1ccccc1OCC1CCCO1)NCCC1=CCCCC1. The monoisotopic (exact) mass is 358 g/mol. The van der Waals surface area contributed by atoms with Crippen molar-refractivity contribution in [2.75, 3.05) is 31.6 Å². The van der Waals surface area contributed by atoms with E-state index in [2.05, 4.69) is 16.7 Å². The number of rotatable bonds is 9. The van der Waals surface area contributed by atoms with Gasteiger partial charge >= 0.3 is 0 Å². The normalized spacial score (nSPS) is 19.7. The van der Waals surface area contributed by atoms with Crippen LogP contribution in [0.4, 0.5) is 5.69 Å². The van der Waals surface area contributed by atoms with Crippen LogP contribution in [0.15, 0.2) is 35.9 Å². The molecule has 0 saturated carbocycles. The summed E-state index contributed by atoms with van der Waals surface area (Å²) in [5.41, 5.74) is 2.33. The second-order valence-electron chi connectivity index (χ2n) is 7.00. The Hall–Kier alpha value is -2.01. The molecule has 5 nitrogen and oxygen atoms in total. The third-order valence-electron chi connectivity index (χ3n) is 4.93. The van der Waals surface area contributed by atoms with Crippen LogP contribution in [0.3, 0.4) is 0 Å². The molecular weight excluding hydrogens is 328 g/mol. The number of para-hydroxylation sites is 2. The van der Waals surface area contributed by atoms with Crippen LogP contribution in [0.5, 0.6) is 5.75 Å². The quantitative estimate of drug-likeness (QED) is 0.662. The Labute approximate surface area is 156 Å². The number of anilines is 1. The van der Waals surface area contributed by atoms with E-state index in [4.69, 9.17) is 9.47 Å². The van der Waals surface area contributed by atoms with E-state index in [-0.39, 0.29) is 18.6 Å². The minimum atomic E-state index is 0.00957. The van der Waals surface area contributed by atoms with Gasteiger partial charge in [0.05, 0.1) is 18.3 Å². The molecule has 2 aliphatic rings. The Bertz CT molecular complexity index is 609. The molecule has 1 aliphatic carbocycles. The lowest BCUT2D eigenvalue weighted by atomic mass is 9.97. The molecule has 1 fully saturated rings.